The van der Waals surface area contributed by atoms with E-state index in [1.165, 1.54) is 29.5 Å². The first kappa shape index (κ1) is 24.1. The van der Waals surface area contributed by atoms with Gasteiger partial charge in [-0.3, -0.25) is 14.9 Å². The van der Waals surface area contributed by atoms with Gasteiger partial charge < -0.3 is 4.90 Å². The topological polar surface area (TPSA) is 136 Å². The molecule has 4 rings (SSSR count). The first-order valence-corrected chi connectivity index (χ1v) is 13.2. The molecule has 0 aliphatic rings. The third-order valence-electron chi connectivity index (χ3n) is 4.62. The average molecular weight is 542 g/mol. The molecule has 2 heterocycles. The van der Waals surface area contributed by atoms with E-state index in [0.29, 0.717) is 15.6 Å². The number of hydrogen-bond donors (Lipinski definition) is 0. The number of nitrogens with zero attached hydrogens (tertiary/aromatic N) is 5. The van der Waals surface area contributed by atoms with E-state index < -0.39 is 31.8 Å². The smallest absolute Gasteiger partial charge is 0.288 e. The minimum absolute atomic E-state index is 0.0122. The second-order valence-electron chi connectivity index (χ2n) is 7.14. The van der Waals surface area contributed by atoms with Crippen LogP contribution in [-0.4, -0.2) is 41.8 Å². The fourth-order valence-corrected chi connectivity index (χ4v) is 5.72. The number of anilines is 1. The van der Waals surface area contributed by atoms with Crippen LogP contribution in [0.15, 0.2) is 40.0 Å². The number of aromatic nitrogens is 3. The van der Waals surface area contributed by atoms with Crippen molar-refractivity contribution in [2.45, 2.75) is 11.4 Å². The van der Waals surface area contributed by atoms with E-state index in [1.807, 2.05) is 0 Å². The van der Waals surface area contributed by atoms with Crippen molar-refractivity contribution in [3.8, 4) is 10.6 Å². The van der Waals surface area contributed by atoms with Crippen molar-refractivity contribution in [2.24, 2.45) is 0 Å². The van der Waals surface area contributed by atoms with E-state index >= 15 is 0 Å². The second-order valence-corrected chi connectivity index (χ2v) is 11.6. The summed E-state index contributed by atoms with van der Waals surface area (Å²) in [5.41, 5.74) is -0.699. The average Bonchev–Trinajstić information content (AvgIpc) is 3.22. The van der Waals surface area contributed by atoms with Crippen molar-refractivity contribution in [3.63, 3.8) is 0 Å². The number of rotatable bonds is 6. The molecule has 2 aromatic heterocycles. The third-order valence-corrected chi connectivity index (χ3v) is 8.18. The Morgan fingerprint density at radius 1 is 1.21 bits per heavy atom. The van der Waals surface area contributed by atoms with Crippen molar-refractivity contribution in [1.82, 2.24) is 15.2 Å². The number of non-ortho nitro benzene ring substituents is 1. The van der Waals surface area contributed by atoms with Crippen LogP contribution in [0.25, 0.3) is 20.7 Å². The van der Waals surface area contributed by atoms with Crippen LogP contribution >= 0.6 is 34.3 Å². The van der Waals surface area contributed by atoms with E-state index in [4.69, 9.17) is 11.6 Å². The highest BCUT2D eigenvalue weighted by Gasteiger charge is 2.23. The number of sulfone groups is 1. The van der Waals surface area contributed by atoms with Crippen LogP contribution in [0.4, 0.5) is 15.2 Å². The Kier molecular flexibility index (Phi) is 6.33. The Balaban J connectivity index is 1.69. The third kappa shape index (κ3) is 4.75. The van der Waals surface area contributed by atoms with Crippen molar-refractivity contribution in [1.29, 1.82) is 0 Å². The molecule has 0 spiro atoms. The molecule has 10 nitrogen and oxygen atoms in total. The highest BCUT2D eigenvalue weighted by molar-refractivity contribution is 7.90. The molecule has 0 fully saturated rings. The maximum atomic E-state index is 13.4. The van der Waals surface area contributed by atoms with Crippen LogP contribution in [0.5, 0.6) is 0 Å². The van der Waals surface area contributed by atoms with E-state index in [-0.39, 0.29) is 31.7 Å². The highest BCUT2D eigenvalue weighted by Crippen LogP contribution is 2.34. The number of hydrogen-bond acceptors (Lipinski definition) is 11. The molecule has 4 aromatic rings. The molecule has 34 heavy (non-hydrogen) atoms. The lowest BCUT2D eigenvalue weighted by Crippen LogP contribution is -2.20. The predicted octanol–water partition coefficient (Wildman–Crippen LogP) is 3.92. The summed E-state index contributed by atoms with van der Waals surface area (Å²) in [7, 11) is -2.16. The summed E-state index contributed by atoms with van der Waals surface area (Å²) < 4.78 is 37.2. The molecule has 0 aliphatic carbocycles. The van der Waals surface area contributed by atoms with Crippen LogP contribution in [0.3, 0.4) is 0 Å². The largest absolute Gasteiger partial charge is 0.344 e. The summed E-state index contributed by atoms with van der Waals surface area (Å²) in [6.07, 6.45) is 0.900. The van der Waals surface area contributed by atoms with Gasteiger partial charge in [0, 0.05) is 24.9 Å². The first-order valence-electron chi connectivity index (χ1n) is 9.26. The number of fused-ring (bicyclic) bond motifs is 1. The lowest BCUT2D eigenvalue weighted by Gasteiger charge is -2.15. The monoisotopic (exact) mass is 541 g/mol. The van der Waals surface area contributed by atoms with E-state index in [9.17, 15) is 27.7 Å². The SMILES string of the molecule is CN(Cc1nnc(-c2ccc(F)c(Cl)c2)s1)c1nc(=O)c2cc(S(C)(=O)=O)cc([N+](=O)[O-])c2s1. The molecule has 0 saturated heterocycles. The zero-order valence-corrected chi connectivity index (χ0v) is 20.6. The van der Waals surface area contributed by atoms with Crippen LogP contribution in [-0.2, 0) is 16.4 Å². The van der Waals surface area contributed by atoms with Gasteiger partial charge in [0.2, 0.25) is 0 Å². The van der Waals surface area contributed by atoms with Gasteiger partial charge in [0.25, 0.3) is 11.2 Å². The first-order chi connectivity index (χ1) is 15.9. The lowest BCUT2D eigenvalue weighted by molar-refractivity contribution is -0.383. The number of nitro benzene ring substituents is 1. The summed E-state index contributed by atoms with van der Waals surface area (Å²) in [5, 5.41) is 20.8. The molecular formula is C19H13ClFN5O5S3. The summed E-state index contributed by atoms with van der Waals surface area (Å²) in [6.45, 7) is 0.177. The van der Waals surface area contributed by atoms with Crippen molar-refractivity contribution in [3.05, 3.63) is 66.6 Å². The van der Waals surface area contributed by atoms with Gasteiger partial charge >= 0.3 is 0 Å². The van der Waals surface area contributed by atoms with Gasteiger partial charge in [-0.15, -0.1) is 10.2 Å². The zero-order valence-electron chi connectivity index (χ0n) is 17.4. The molecule has 0 bridgehead atoms. The van der Waals surface area contributed by atoms with Crippen LogP contribution in [0, 0.1) is 15.9 Å². The van der Waals surface area contributed by atoms with Gasteiger partial charge in [-0.25, -0.2) is 12.8 Å². The molecule has 0 aliphatic heterocycles. The van der Waals surface area contributed by atoms with E-state index in [0.717, 1.165) is 29.7 Å². The molecule has 15 heteroatoms. The lowest BCUT2D eigenvalue weighted by atomic mass is 10.2. The van der Waals surface area contributed by atoms with E-state index in [1.54, 1.807) is 11.9 Å². The van der Waals surface area contributed by atoms with E-state index in [2.05, 4.69) is 15.2 Å². The molecular weight excluding hydrogens is 529 g/mol. The maximum Gasteiger partial charge on any atom is 0.288 e. The number of nitro groups is 1. The van der Waals surface area contributed by atoms with Crippen LogP contribution in [0.2, 0.25) is 5.02 Å². The number of halogens is 2. The molecule has 0 unspecified atom stereocenters. The predicted molar refractivity (Wildman–Crippen MR) is 128 cm³/mol. The Hall–Kier alpha value is -3.07. The van der Waals surface area contributed by atoms with Crippen LogP contribution in [0.1, 0.15) is 5.01 Å². The molecule has 176 valence electrons. The molecule has 0 N–H and O–H groups in total. The summed E-state index contributed by atoms with van der Waals surface area (Å²) >= 11 is 7.93. The fraction of sp³-hybridized carbons (Fsp3) is 0.158. The maximum absolute atomic E-state index is 13.4. The highest BCUT2D eigenvalue weighted by atomic mass is 35.5. The molecule has 0 radical (unpaired) electrons. The van der Waals surface area contributed by atoms with Crippen molar-refractivity contribution in [2.75, 3.05) is 18.2 Å². The van der Waals surface area contributed by atoms with Gasteiger partial charge in [-0.1, -0.05) is 34.3 Å². The Morgan fingerprint density at radius 3 is 2.59 bits per heavy atom. The van der Waals surface area contributed by atoms with Gasteiger partial charge in [0.1, 0.15) is 20.5 Å². The second kappa shape index (κ2) is 8.94. The van der Waals surface area contributed by atoms with Crippen LogP contribution < -0.4 is 10.5 Å². The quantitative estimate of drug-likeness (QED) is 0.263. The summed E-state index contributed by atoms with van der Waals surface area (Å²) in [4.78, 5) is 28.7. The standard InChI is InChI=1S/C19H13ClFN5O5S3/c1-25(8-15-23-24-18(32-15)9-3-4-13(21)12(20)5-9)19-22-17(27)11-6-10(34(2,30)31)7-14(26(28)29)16(11)33-19/h3-7H,8H2,1-2H3. The molecule has 2 aromatic carbocycles. The molecule has 0 amide bonds. The van der Waals surface area contributed by atoms with Gasteiger partial charge in [-0.2, -0.15) is 4.98 Å². The summed E-state index contributed by atoms with van der Waals surface area (Å²) in [6, 6.07) is 6.21. The Labute approximate surface area is 204 Å². The summed E-state index contributed by atoms with van der Waals surface area (Å²) in [5.74, 6) is -0.551. The Bertz CT molecular complexity index is 1620. The minimum atomic E-state index is -3.78. The number of benzene rings is 2. The molecule has 0 saturated carbocycles. The minimum Gasteiger partial charge on any atom is -0.344 e. The van der Waals surface area contributed by atoms with Gasteiger partial charge in [-0.05, 0) is 24.3 Å². The zero-order chi connectivity index (χ0) is 24.8. The van der Waals surface area contributed by atoms with Crippen molar-refractivity contribution >= 4 is 65.0 Å². The fourth-order valence-electron chi connectivity index (χ4n) is 2.96. The van der Waals surface area contributed by atoms with Crippen molar-refractivity contribution < 1.29 is 17.7 Å². The van der Waals surface area contributed by atoms with Gasteiger partial charge in [0.05, 0.1) is 26.8 Å². The van der Waals surface area contributed by atoms with Gasteiger partial charge in [0.15, 0.2) is 15.0 Å². The normalized spacial score (nSPS) is 11.6. The molecule has 0 atom stereocenters. The Morgan fingerprint density at radius 2 is 1.94 bits per heavy atom.